The Bertz CT molecular complexity index is 408. The monoisotopic (exact) mass is 445 g/mol. The second kappa shape index (κ2) is 12.7. The molecule has 6 nitrogen and oxygen atoms in total. The van der Waals surface area contributed by atoms with Crippen molar-refractivity contribution in [3.05, 3.63) is 6.92 Å². The van der Waals surface area contributed by atoms with E-state index in [4.69, 9.17) is 34.6 Å². The topological polar surface area (TPSA) is 77.1 Å². The number of hydrogen-bond donors (Lipinski definition) is 0. The smallest absolute Gasteiger partial charge is 0.109 e. The first kappa shape index (κ1) is 26.3. The summed E-state index contributed by atoms with van der Waals surface area (Å²) in [4.78, 5) is 10.7. The Balaban J connectivity index is 0.000000465. The molecule has 25 heavy (non-hydrogen) atoms. The van der Waals surface area contributed by atoms with E-state index in [0.717, 1.165) is 0 Å². The Morgan fingerprint density at radius 2 is 1.72 bits per heavy atom. The summed E-state index contributed by atoms with van der Waals surface area (Å²) < 4.78 is 31.4. The van der Waals surface area contributed by atoms with Crippen molar-refractivity contribution in [2.75, 3.05) is 27.0 Å². The van der Waals surface area contributed by atoms with Crippen LogP contribution in [0.2, 0.25) is 0 Å². The van der Waals surface area contributed by atoms with E-state index in [1.54, 1.807) is 14.2 Å². The summed E-state index contributed by atoms with van der Waals surface area (Å²) in [5, 5.41) is 0. The van der Waals surface area contributed by atoms with Crippen molar-refractivity contribution in [2.24, 2.45) is 17.8 Å². The van der Waals surface area contributed by atoms with Crippen molar-refractivity contribution in [3.63, 3.8) is 0 Å². The van der Waals surface area contributed by atoms with E-state index in [2.05, 4.69) is 6.92 Å². The molecule has 0 amide bonds. The Morgan fingerprint density at radius 3 is 2.08 bits per heavy atom. The standard InChI is InChI=1S/C8H16BO4P.C7H12BO2.Y/c1-5-6(4-14(10)11)7(3-12-2)13-8(5)9;1-4-6(9-3)5(2)10-7(4)8;/h5-8,14H,3-4H2,1-2H3,(H,10,11);4-7H,2H2,1,3H3;/q;-1;/p-1. The van der Waals surface area contributed by atoms with E-state index in [0.29, 0.717) is 6.61 Å². The fraction of sp³-hybridized carbons (Fsp3) is 0.933. The van der Waals surface area contributed by atoms with E-state index in [1.807, 2.05) is 13.8 Å². The van der Waals surface area contributed by atoms with Crippen molar-refractivity contribution < 1.29 is 61.1 Å². The minimum atomic E-state index is -2.71. The van der Waals surface area contributed by atoms with E-state index in [9.17, 15) is 9.46 Å². The number of hydrogen-bond acceptors (Lipinski definition) is 6. The van der Waals surface area contributed by atoms with Crippen molar-refractivity contribution in [3.8, 4) is 0 Å². The molecule has 2 rings (SSSR count). The summed E-state index contributed by atoms with van der Waals surface area (Å²) in [6.07, 6.45) is -0.0917. The van der Waals surface area contributed by atoms with Crippen LogP contribution in [0.3, 0.4) is 0 Å². The van der Waals surface area contributed by atoms with Gasteiger partial charge in [-0.2, -0.15) is 0 Å². The van der Waals surface area contributed by atoms with Gasteiger partial charge in [0.05, 0.1) is 18.8 Å². The average Bonchev–Trinajstić information content (AvgIpc) is 2.90. The summed E-state index contributed by atoms with van der Waals surface area (Å²) in [6.45, 7) is 8.08. The molecule has 2 aliphatic rings. The van der Waals surface area contributed by atoms with Gasteiger partial charge in [0, 0.05) is 67.0 Å². The maximum atomic E-state index is 10.7. The quantitative estimate of drug-likeness (QED) is 0.337. The van der Waals surface area contributed by atoms with Crippen molar-refractivity contribution in [1.29, 1.82) is 0 Å². The van der Waals surface area contributed by atoms with Crippen LogP contribution in [0.1, 0.15) is 13.8 Å². The molecule has 10 heteroatoms. The predicted molar refractivity (Wildman–Crippen MR) is 92.5 cm³/mol. The molecule has 0 spiro atoms. The maximum Gasteiger partial charge on any atom is 0.109 e. The van der Waals surface area contributed by atoms with Gasteiger partial charge in [0.25, 0.3) is 0 Å². The Hall–Kier alpha value is 1.26. The van der Waals surface area contributed by atoms with Gasteiger partial charge in [0.2, 0.25) is 0 Å². The van der Waals surface area contributed by atoms with E-state index in [-0.39, 0.29) is 86.9 Å². The van der Waals surface area contributed by atoms with Crippen LogP contribution in [0.25, 0.3) is 0 Å². The van der Waals surface area contributed by atoms with Crippen LogP contribution < -0.4 is 4.89 Å². The number of methoxy groups -OCH3 is 2. The molecular weight excluding hydrogens is 418 g/mol. The van der Waals surface area contributed by atoms with Crippen LogP contribution >= 0.6 is 8.03 Å². The zero-order valence-electron chi connectivity index (χ0n) is 15.4. The maximum absolute atomic E-state index is 10.7. The minimum absolute atomic E-state index is 0. The van der Waals surface area contributed by atoms with E-state index >= 15 is 0 Å². The molecule has 0 aliphatic carbocycles. The zero-order chi connectivity index (χ0) is 18.4. The average molecular weight is 445 g/mol. The summed E-state index contributed by atoms with van der Waals surface area (Å²) in [6, 6.07) is -0.589. The molecular formula is C15H27B2O6PY-2. The van der Waals surface area contributed by atoms with Gasteiger partial charge in [-0.25, -0.2) is 0 Å². The van der Waals surface area contributed by atoms with Gasteiger partial charge in [0.1, 0.15) is 15.7 Å². The Labute approximate surface area is 180 Å². The first-order valence-electron chi connectivity index (χ1n) is 8.09. The summed E-state index contributed by atoms with van der Waals surface area (Å²) in [7, 11) is 11.8. The molecule has 2 heterocycles. The second-order valence-corrected chi connectivity index (χ2v) is 7.54. The summed E-state index contributed by atoms with van der Waals surface area (Å²) >= 11 is 0. The molecule has 139 valence electrons. The fourth-order valence-corrected chi connectivity index (χ4v) is 4.16. The van der Waals surface area contributed by atoms with Gasteiger partial charge in [-0.15, -0.1) is 0 Å². The third-order valence-electron chi connectivity index (χ3n) is 4.74. The SMILES string of the molecule is [B]C1OC(COC)C(C[PH](=O)[O-])C1C.[B]C1OC([CH2-])C(OC)C1C.[Y]. The van der Waals surface area contributed by atoms with Gasteiger partial charge < -0.3 is 35.3 Å². The van der Waals surface area contributed by atoms with Crippen LogP contribution in [0.4, 0.5) is 0 Å². The molecule has 2 saturated heterocycles. The largest absolute Gasteiger partial charge is 0.802 e. The fourth-order valence-electron chi connectivity index (χ4n) is 3.14. The molecule has 0 bridgehead atoms. The molecule has 0 aromatic heterocycles. The number of ether oxygens (including phenoxy) is 4. The van der Waals surface area contributed by atoms with Gasteiger partial charge in [-0.1, -0.05) is 13.8 Å². The molecule has 2 fully saturated rings. The van der Waals surface area contributed by atoms with E-state index in [1.165, 1.54) is 0 Å². The molecule has 2 aliphatic heterocycles. The minimum Gasteiger partial charge on any atom is -0.802 e. The van der Waals surface area contributed by atoms with Gasteiger partial charge >= 0.3 is 0 Å². The van der Waals surface area contributed by atoms with E-state index < -0.39 is 8.03 Å². The molecule has 9 unspecified atom stereocenters. The molecule has 5 radical (unpaired) electrons. The molecule has 0 saturated carbocycles. The van der Waals surface area contributed by atoms with Crippen LogP contribution in [-0.2, 0) is 56.2 Å². The number of rotatable bonds is 5. The molecule has 0 aromatic rings. The Morgan fingerprint density at radius 1 is 1.16 bits per heavy atom. The van der Waals surface area contributed by atoms with Crippen molar-refractivity contribution in [1.82, 2.24) is 0 Å². The summed E-state index contributed by atoms with van der Waals surface area (Å²) in [5.41, 5.74) is 0. The normalized spacial score (nSPS) is 41.5. The van der Waals surface area contributed by atoms with Crippen molar-refractivity contribution in [2.45, 2.75) is 44.2 Å². The van der Waals surface area contributed by atoms with Crippen LogP contribution in [0.5, 0.6) is 0 Å². The zero-order valence-corrected chi connectivity index (χ0v) is 19.3. The second-order valence-electron chi connectivity index (χ2n) is 6.39. The molecule has 9 atom stereocenters. The first-order chi connectivity index (χ1) is 11.2. The van der Waals surface area contributed by atoms with Gasteiger partial charge in [-0.3, -0.25) is 0 Å². The third-order valence-corrected chi connectivity index (χ3v) is 5.55. The van der Waals surface area contributed by atoms with Gasteiger partial charge in [-0.05, 0) is 30.0 Å². The molecule has 0 N–H and O–H groups in total. The third kappa shape index (κ3) is 7.65. The van der Waals surface area contributed by atoms with Gasteiger partial charge in [0.15, 0.2) is 0 Å². The molecule has 0 aromatic carbocycles. The van der Waals surface area contributed by atoms with Crippen LogP contribution in [-0.4, -0.2) is 73.0 Å². The first-order valence-corrected chi connectivity index (χ1v) is 9.62. The summed E-state index contributed by atoms with van der Waals surface area (Å²) in [5.74, 6) is 0.277. The van der Waals surface area contributed by atoms with Crippen LogP contribution in [0.15, 0.2) is 0 Å². The Kier molecular flexibility index (Phi) is 13.3. The predicted octanol–water partition coefficient (Wildman–Crippen LogP) is -0.0240. The van der Waals surface area contributed by atoms with Crippen LogP contribution in [0, 0.1) is 24.7 Å². The van der Waals surface area contributed by atoms with Crippen molar-refractivity contribution >= 4 is 23.7 Å².